The average Bonchev–Trinajstić information content (AvgIpc) is 3.05. The lowest BCUT2D eigenvalue weighted by molar-refractivity contribution is -0.137. The first kappa shape index (κ1) is 14.0. The predicted molar refractivity (Wildman–Crippen MR) is 78.1 cm³/mol. The molecule has 22 heavy (non-hydrogen) atoms. The number of hydrogen-bond acceptors (Lipinski definition) is 5. The number of carboxylic acid groups (broad SMARTS) is 1. The number of hydrogen-bond donors (Lipinski definition) is 1. The van der Waals surface area contributed by atoms with E-state index in [1.54, 1.807) is 13.0 Å². The monoisotopic (exact) mass is 298 g/mol. The van der Waals surface area contributed by atoms with Crippen LogP contribution in [0.15, 0.2) is 34.9 Å². The van der Waals surface area contributed by atoms with Crippen molar-refractivity contribution >= 4 is 5.97 Å². The molecule has 0 bridgehead atoms. The van der Waals surface area contributed by atoms with Crippen molar-refractivity contribution in [2.45, 2.75) is 20.4 Å². The maximum Gasteiger partial charge on any atom is 0.325 e. The Hall–Kier alpha value is -2.96. The molecule has 0 aliphatic rings. The molecule has 0 unspecified atom stereocenters. The van der Waals surface area contributed by atoms with E-state index in [0.717, 1.165) is 11.1 Å². The summed E-state index contributed by atoms with van der Waals surface area (Å²) >= 11 is 0. The lowest BCUT2D eigenvalue weighted by atomic mass is 10.1. The highest BCUT2D eigenvalue weighted by Crippen LogP contribution is 2.23. The van der Waals surface area contributed by atoms with Crippen LogP contribution in [-0.2, 0) is 11.3 Å². The minimum Gasteiger partial charge on any atom is -0.480 e. The van der Waals surface area contributed by atoms with Gasteiger partial charge in [0.25, 0.3) is 5.89 Å². The quantitative estimate of drug-likeness (QED) is 0.794. The van der Waals surface area contributed by atoms with Crippen LogP contribution in [0.4, 0.5) is 0 Å². The van der Waals surface area contributed by atoms with Crippen LogP contribution >= 0.6 is 0 Å². The van der Waals surface area contributed by atoms with E-state index in [9.17, 15) is 4.79 Å². The van der Waals surface area contributed by atoms with Gasteiger partial charge in [0.05, 0.1) is 5.69 Å². The van der Waals surface area contributed by atoms with E-state index >= 15 is 0 Å². The highest BCUT2D eigenvalue weighted by atomic mass is 16.5. The van der Waals surface area contributed by atoms with Crippen LogP contribution in [0.25, 0.3) is 23.0 Å². The molecule has 0 atom stereocenters. The fourth-order valence-corrected chi connectivity index (χ4v) is 2.20. The summed E-state index contributed by atoms with van der Waals surface area (Å²) < 4.78 is 6.63. The Morgan fingerprint density at radius 2 is 2.14 bits per heavy atom. The Kier molecular flexibility index (Phi) is 3.46. The lowest BCUT2D eigenvalue weighted by Crippen LogP contribution is -2.11. The van der Waals surface area contributed by atoms with E-state index in [4.69, 9.17) is 9.63 Å². The van der Waals surface area contributed by atoms with Gasteiger partial charge in [-0.1, -0.05) is 22.9 Å². The third kappa shape index (κ3) is 2.73. The fourth-order valence-electron chi connectivity index (χ4n) is 2.20. The standard InChI is InChI=1S/C15H14N4O3/c1-9-4-3-5-11(6-9)15-16-14(18-22-15)12-7-10(2)17-19(12)8-13(20)21/h3-7H,8H2,1-2H3,(H,20,21). The Bertz CT molecular complexity index is 835. The molecule has 0 spiro atoms. The largest absolute Gasteiger partial charge is 0.480 e. The molecule has 0 saturated carbocycles. The molecule has 2 heterocycles. The Morgan fingerprint density at radius 1 is 1.32 bits per heavy atom. The van der Waals surface area contributed by atoms with Crippen LogP contribution in [0.1, 0.15) is 11.3 Å². The second-order valence-corrected chi connectivity index (χ2v) is 5.01. The smallest absolute Gasteiger partial charge is 0.325 e. The Morgan fingerprint density at radius 3 is 2.86 bits per heavy atom. The van der Waals surface area contributed by atoms with E-state index in [2.05, 4.69) is 15.2 Å². The van der Waals surface area contributed by atoms with Crippen molar-refractivity contribution in [1.29, 1.82) is 0 Å². The van der Waals surface area contributed by atoms with Gasteiger partial charge in [-0.15, -0.1) is 0 Å². The number of carboxylic acids is 1. The molecule has 2 aromatic heterocycles. The van der Waals surface area contributed by atoms with Gasteiger partial charge in [0.1, 0.15) is 12.2 Å². The molecule has 0 amide bonds. The maximum atomic E-state index is 10.9. The first-order valence-corrected chi connectivity index (χ1v) is 6.70. The maximum absolute atomic E-state index is 10.9. The number of nitrogens with zero attached hydrogens (tertiary/aromatic N) is 4. The van der Waals surface area contributed by atoms with E-state index in [1.165, 1.54) is 4.68 Å². The third-order valence-corrected chi connectivity index (χ3v) is 3.11. The summed E-state index contributed by atoms with van der Waals surface area (Å²) in [7, 11) is 0. The van der Waals surface area contributed by atoms with Crippen LogP contribution in [-0.4, -0.2) is 31.0 Å². The van der Waals surface area contributed by atoms with Crippen molar-refractivity contribution < 1.29 is 14.4 Å². The van der Waals surface area contributed by atoms with Crippen LogP contribution in [0.5, 0.6) is 0 Å². The minimum atomic E-state index is -0.980. The number of benzene rings is 1. The summed E-state index contributed by atoms with van der Waals surface area (Å²) in [6.07, 6.45) is 0. The molecule has 0 aliphatic heterocycles. The molecule has 1 aromatic carbocycles. The summed E-state index contributed by atoms with van der Waals surface area (Å²) in [4.78, 5) is 15.2. The lowest BCUT2D eigenvalue weighted by Gasteiger charge is -1.99. The van der Waals surface area contributed by atoms with Crippen LogP contribution in [0.2, 0.25) is 0 Å². The van der Waals surface area contributed by atoms with Gasteiger partial charge in [0.15, 0.2) is 0 Å². The van der Waals surface area contributed by atoms with Gasteiger partial charge in [0.2, 0.25) is 5.82 Å². The second kappa shape index (κ2) is 5.44. The topological polar surface area (TPSA) is 94.0 Å². The number of aryl methyl sites for hydroxylation is 2. The van der Waals surface area contributed by atoms with E-state index in [-0.39, 0.29) is 6.54 Å². The van der Waals surface area contributed by atoms with Gasteiger partial charge < -0.3 is 9.63 Å². The predicted octanol–water partition coefficient (Wildman–Crippen LogP) is 2.30. The summed E-state index contributed by atoms with van der Waals surface area (Å²) in [5.74, 6) is -0.274. The van der Waals surface area contributed by atoms with Crippen LogP contribution in [0.3, 0.4) is 0 Å². The van der Waals surface area contributed by atoms with Crippen LogP contribution < -0.4 is 0 Å². The van der Waals surface area contributed by atoms with E-state index < -0.39 is 5.97 Å². The number of aromatic nitrogens is 4. The summed E-state index contributed by atoms with van der Waals surface area (Å²) in [5.41, 5.74) is 3.12. The average molecular weight is 298 g/mol. The van der Waals surface area contributed by atoms with E-state index in [1.807, 2.05) is 31.2 Å². The number of aliphatic carboxylic acids is 1. The van der Waals surface area contributed by atoms with Crippen molar-refractivity contribution in [1.82, 2.24) is 19.9 Å². The van der Waals surface area contributed by atoms with Gasteiger partial charge >= 0.3 is 5.97 Å². The Balaban J connectivity index is 1.99. The fraction of sp³-hybridized carbons (Fsp3) is 0.200. The summed E-state index contributed by atoms with van der Waals surface area (Å²) in [6, 6.07) is 9.44. The molecule has 0 fully saturated rings. The zero-order valence-corrected chi connectivity index (χ0v) is 12.1. The number of carbonyl (C=O) groups is 1. The summed E-state index contributed by atoms with van der Waals surface area (Å²) in [5, 5.41) is 17.0. The molecule has 0 radical (unpaired) electrons. The molecule has 112 valence electrons. The van der Waals surface area contributed by atoms with Gasteiger partial charge in [-0.3, -0.25) is 9.48 Å². The normalized spacial score (nSPS) is 10.8. The van der Waals surface area contributed by atoms with Gasteiger partial charge in [0, 0.05) is 5.56 Å². The van der Waals surface area contributed by atoms with Crippen molar-refractivity contribution in [3.63, 3.8) is 0 Å². The first-order valence-electron chi connectivity index (χ1n) is 6.70. The molecule has 0 aliphatic carbocycles. The second-order valence-electron chi connectivity index (χ2n) is 5.01. The first-order chi connectivity index (χ1) is 10.5. The molecule has 1 N–H and O–H groups in total. The number of rotatable bonds is 4. The van der Waals surface area contributed by atoms with Gasteiger partial charge in [-0.05, 0) is 32.0 Å². The van der Waals surface area contributed by atoms with Crippen LogP contribution in [0, 0.1) is 13.8 Å². The van der Waals surface area contributed by atoms with Crippen molar-refractivity contribution in [3.8, 4) is 23.0 Å². The molecular weight excluding hydrogens is 284 g/mol. The highest BCUT2D eigenvalue weighted by molar-refractivity contribution is 5.68. The molecule has 0 saturated heterocycles. The SMILES string of the molecule is Cc1cccc(-c2nc(-c3cc(C)nn3CC(=O)O)no2)c1. The molecule has 3 rings (SSSR count). The van der Waals surface area contributed by atoms with Gasteiger partial charge in [-0.2, -0.15) is 10.1 Å². The molecular formula is C15H14N4O3. The molecule has 7 nitrogen and oxygen atoms in total. The molecule has 3 aromatic rings. The Labute approximate surface area is 126 Å². The molecule has 7 heteroatoms. The highest BCUT2D eigenvalue weighted by Gasteiger charge is 2.17. The van der Waals surface area contributed by atoms with E-state index in [0.29, 0.717) is 23.1 Å². The minimum absolute atomic E-state index is 0.252. The summed E-state index contributed by atoms with van der Waals surface area (Å²) in [6.45, 7) is 3.51. The van der Waals surface area contributed by atoms with Crippen molar-refractivity contribution in [2.75, 3.05) is 0 Å². The zero-order chi connectivity index (χ0) is 15.7. The van der Waals surface area contributed by atoms with Crippen molar-refractivity contribution in [2.24, 2.45) is 0 Å². The van der Waals surface area contributed by atoms with Gasteiger partial charge in [-0.25, -0.2) is 0 Å². The van der Waals surface area contributed by atoms with Crippen molar-refractivity contribution in [3.05, 3.63) is 41.6 Å². The third-order valence-electron chi connectivity index (χ3n) is 3.11. The zero-order valence-electron chi connectivity index (χ0n) is 12.1.